The minimum atomic E-state index is 0.123. The largest absolute Gasteiger partial charge is 0.298 e. The minimum absolute atomic E-state index is 0.123. The molecule has 0 spiro atoms. The molecule has 0 aromatic heterocycles. The summed E-state index contributed by atoms with van der Waals surface area (Å²) < 4.78 is 0. The van der Waals surface area contributed by atoms with Gasteiger partial charge in [0.25, 0.3) is 0 Å². The molecule has 1 aliphatic heterocycles. The third kappa shape index (κ3) is 6.85. The first-order valence-electron chi connectivity index (χ1n) is 8.57. The molecule has 2 heteroatoms. The molecule has 1 heterocycles. The van der Waals surface area contributed by atoms with E-state index in [0.29, 0.717) is 5.54 Å². The van der Waals surface area contributed by atoms with Crippen LogP contribution in [-0.2, 0) is 0 Å². The lowest BCUT2D eigenvalue weighted by Crippen LogP contribution is -2.48. The van der Waals surface area contributed by atoms with Gasteiger partial charge in [0.15, 0.2) is 0 Å². The zero-order valence-corrected chi connectivity index (χ0v) is 15.4. The van der Waals surface area contributed by atoms with Crippen molar-refractivity contribution in [1.82, 2.24) is 9.80 Å². The second kappa shape index (κ2) is 7.65. The molecule has 0 saturated carbocycles. The quantitative estimate of drug-likeness (QED) is 0.710. The molecular formula is C19H36N2. The average Bonchev–Trinajstić information content (AvgIpc) is 2.37. The van der Waals surface area contributed by atoms with Crippen molar-refractivity contribution in [2.24, 2.45) is 11.3 Å². The van der Waals surface area contributed by atoms with Crippen molar-refractivity contribution in [3.05, 3.63) is 0 Å². The maximum Gasteiger partial charge on any atom is 0.0599 e. The SMILES string of the molecule is CCC(C)(C)N1CCC(CN(C)CC#CC(C)(C)C)CC1. The Morgan fingerprint density at radius 3 is 2.14 bits per heavy atom. The maximum atomic E-state index is 3.32. The van der Waals surface area contributed by atoms with Gasteiger partial charge in [-0.15, -0.1) is 0 Å². The Labute approximate surface area is 133 Å². The van der Waals surface area contributed by atoms with E-state index in [4.69, 9.17) is 0 Å². The Kier molecular flexibility index (Phi) is 6.75. The van der Waals surface area contributed by atoms with Gasteiger partial charge in [0.05, 0.1) is 6.54 Å². The highest BCUT2D eigenvalue weighted by molar-refractivity contribution is 5.08. The summed E-state index contributed by atoms with van der Waals surface area (Å²) in [7, 11) is 2.21. The molecule has 21 heavy (non-hydrogen) atoms. The zero-order valence-electron chi connectivity index (χ0n) is 15.4. The van der Waals surface area contributed by atoms with Gasteiger partial charge in [-0.05, 0) is 79.9 Å². The van der Waals surface area contributed by atoms with Crippen molar-refractivity contribution in [2.75, 3.05) is 33.2 Å². The summed E-state index contributed by atoms with van der Waals surface area (Å²) in [4.78, 5) is 5.06. The highest BCUT2D eigenvalue weighted by Crippen LogP contribution is 2.26. The van der Waals surface area contributed by atoms with Crippen molar-refractivity contribution >= 4 is 0 Å². The Morgan fingerprint density at radius 2 is 1.67 bits per heavy atom. The predicted molar refractivity (Wildman–Crippen MR) is 93.4 cm³/mol. The Balaban J connectivity index is 2.34. The lowest BCUT2D eigenvalue weighted by molar-refractivity contribution is 0.0648. The van der Waals surface area contributed by atoms with Gasteiger partial charge in [0.2, 0.25) is 0 Å². The predicted octanol–water partition coefficient (Wildman–Crippen LogP) is 3.87. The van der Waals surface area contributed by atoms with Gasteiger partial charge in [-0.1, -0.05) is 18.8 Å². The molecule has 1 saturated heterocycles. The fourth-order valence-corrected chi connectivity index (χ4v) is 2.89. The fourth-order valence-electron chi connectivity index (χ4n) is 2.89. The van der Waals surface area contributed by atoms with Crippen LogP contribution in [0.5, 0.6) is 0 Å². The van der Waals surface area contributed by atoms with Crippen molar-refractivity contribution in [1.29, 1.82) is 0 Å². The van der Waals surface area contributed by atoms with E-state index in [-0.39, 0.29) is 5.41 Å². The lowest BCUT2D eigenvalue weighted by Gasteiger charge is -2.43. The molecule has 0 unspecified atom stereocenters. The third-order valence-corrected chi connectivity index (χ3v) is 4.72. The van der Waals surface area contributed by atoms with E-state index < -0.39 is 0 Å². The minimum Gasteiger partial charge on any atom is -0.298 e. The number of rotatable bonds is 5. The van der Waals surface area contributed by atoms with Crippen LogP contribution in [-0.4, -0.2) is 48.6 Å². The molecule has 1 fully saturated rings. The highest BCUT2D eigenvalue weighted by Gasteiger charge is 2.29. The van der Waals surface area contributed by atoms with E-state index in [1.807, 2.05) is 0 Å². The molecular weight excluding hydrogens is 256 g/mol. The van der Waals surface area contributed by atoms with E-state index in [2.05, 4.69) is 70.2 Å². The van der Waals surface area contributed by atoms with Crippen LogP contribution < -0.4 is 0 Å². The highest BCUT2D eigenvalue weighted by atomic mass is 15.2. The molecule has 0 aliphatic carbocycles. The van der Waals surface area contributed by atoms with Crippen molar-refractivity contribution in [2.45, 2.75) is 66.3 Å². The Bertz CT molecular complexity index is 359. The fraction of sp³-hybridized carbons (Fsp3) is 0.895. The molecule has 0 aromatic rings. The lowest BCUT2D eigenvalue weighted by atomic mass is 9.90. The molecule has 0 amide bonds. The number of nitrogens with zero attached hydrogens (tertiary/aromatic N) is 2. The Morgan fingerprint density at radius 1 is 1.10 bits per heavy atom. The summed E-state index contributed by atoms with van der Waals surface area (Å²) >= 11 is 0. The third-order valence-electron chi connectivity index (χ3n) is 4.72. The van der Waals surface area contributed by atoms with Crippen LogP contribution in [0.25, 0.3) is 0 Å². The summed E-state index contributed by atoms with van der Waals surface area (Å²) in [6, 6.07) is 0. The van der Waals surface area contributed by atoms with Crippen LogP contribution in [0.4, 0.5) is 0 Å². The summed E-state index contributed by atoms with van der Waals surface area (Å²) in [6.45, 7) is 18.2. The van der Waals surface area contributed by atoms with Gasteiger partial charge in [-0.2, -0.15) is 0 Å². The van der Waals surface area contributed by atoms with Crippen molar-refractivity contribution < 1.29 is 0 Å². The van der Waals surface area contributed by atoms with Crippen molar-refractivity contribution in [3.8, 4) is 11.8 Å². The Hall–Kier alpha value is -0.520. The maximum absolute atomic E-state index is 3.32. The number of hydrogen-bond donors (Lipinski definition) is 0. The van der Waals surface area contributed by atoms with E-state index >= 15 is 0 Å². The molecule has 0 N–H and O–H groups in total. The molecule has 0 aromatic carbocycles. The molecule has 0 atom stereocenters. The average molecular weight is 293 g/mol. The van der Waals surface area contributed by atoms with Crippen LogP contribution in [0.15, 0.2) is 0 Å². The van der Waals surface area contributed by atoms with Gasteiger partial charge in [-0.25, -0.2) is 0 Å². The molecule has 0 radical (unpaired) electrons. The van der Waals surface area contributed by atoms with Gasteiger partial charge >= 0.3 is 0 Å². The molecule has 1 aliphatic rings. The van der Waals surface area contributed by atoms with Crippen molar-refractivity contribution in [3.63, 3.8) is 0 Å². The zero-order chi connectivity index (χ0) is 16.1. The first-order chi connectivity index (χ1) is 9.64. The molecule has 2 nitrogen and oxygen atoms in total. The molecule has 0 bridgehead atoms. The van der Waals surface area contributed by atoms with Crippen LogP contribution in [0.2, 0.25) is 0 Å². The van der Waals surface area contributed by atoms with Gasteiger partial charge in [0.1, 0.15) is 0 Å². The standard InChI is InChI=1S/C19H36N2/c1-8-19(5,6)21-14-10-17(11-15-21)16-20(7)13-9-12-18(2,3)4/h17H,8,10-11,13-16H2,1-7H3. The number of piperidine rings is 1. The topological polar surface area (TPSA) is 6.48 Å². The van der Waals surface area contributed by atoms with Crippen LogP contribution in [0, 0.1) is 23.2 Å². The second-order valence-electron chi connectivity index (χ2n) is 8.34. The van der Waals surface area contributed by atoms with Crippen LogP contribution in [0.3, 0.4) is 0 Å². The number of likely N-dealkylation sites (tertiary alicyclic amines) is 1. The second-order valence-corrected chi connectivity index (χ2v) is 8.34. The smallest absolute Gasteiger partial charge is 0.0599 e. The van der Waals surface area contributed by atoms with Gasteiger partial charge in [-0.3, -0.25) is 9.80 Å². The first-order valence-corrected chi connectivity index (χ1v) is 8.57. The van der Waals surface area contributed by atoms with Crippen LogP contribution >= 0.6 is 0 Å². The first kappa shape index (κ1) is 18.5. The van der Waals surface area contributed by atoms with E-state index in [1.54, 1.807) is 0 Å². The summed E-state index contributed by atoms with van der Waals surface area (Å²) in [6.07, 6.45) is 3.90. The number of hydrogen-bond acceptors (Lipinski definition) is 2. The van der Waals surface area contributed by atoms with Crippen LogP contribution in [0.1, 0.15) is 60.8 Å². The summed E-state index contributed by atoms with van der Waals surface area (Å²) in [5.74, 6) is 7.49. The summed E-state index contributed by atoms with van der Waals surface area (Å²) in [5.41, 5.74) is 0.493. The van der Waals surface area contributed by atoms with E-state index in [9.17, 15) is 0 Å². The van der Waals surface area contributed by atoms with Gasteiger partial charge < -0.3 is 0 Å². The monoisotopic (exact) mass is 292 g/mol. The van der Waals surface area contributed by atoms with Gasteiger partial charge in [0, 0.05) is 17.5 Å². The van der Waals surface area contributed by atoms with E-state index in [0.717, 1.165) is 12.5 Å². The summed E-state index contributed by atoms with van der Waals surface area (Å²) in [5, 5.41) is 0. The molecule has 1 rings (SSSR count). The van der Waals surface area contributed by atoms with E-state index in [1.165, 1.54) is 38.9 Å². The molecule has 122 valence electrons. The normalized spacial score (nSPS) is 18.7.